The molecule has 3 aromatic rings. The summed E-state index contributed by atoms with van der Waals surface area (Å²) in [5, 5.41) is 6.61. The van der Waals surface area contributed by atoms with Crippen LogP contribution in [0, 0.1) is 0 Å². The number of aromatic nitrogens is 1. The number of amides is 1. The number of anilines is 1. The Bertz CT molecular complexity index is 1110. The van der Waals surface area contributed by atoms with Crippen molar-refractivity contribution in [2.75, 3.05) is 18.4 Å². The molecule has 1 amide bonds. The first-order chi connectivity index (χ1) is 14.7. The lowest BCUT2D eigenvalue weighted by molar-refractivity contribution is -0.111. The number of hydrogen-bond acceptors (Lipinski definition) is 5. The summed E-state index contributed by atoms with van der Waals surface area (Å²) in [6.07, 6.45) is 4.90. The molecule has 4 rings (SSSR count). The van der Waals surface area contributed by atoms with Gasteiger partial charge in [0, 0.05) is 35.6 Å². The van der Waals surface area contributed by atoms with E-state index in [0.717, 1.165) is 30.2 Å². The third-order valence-corrected chi connectivity index (χ3v) is 4.53. The lowest BCUT2D eigenvalue weighted by Gasteiger charge is -2.08. The third-order valence-electron chi connectivity index (χ3n) is 4.28. The fourth-order valence-electron chi connectivity index (χ4n) is 2.88. The number of benzene rings is 2. The Balaban J connectivity index is 1.41. The maximum absolute atomic E-state index is 12.1. The van der Waals surface area contributed by atoms with Crippen molar-refractivity contribution in [2.45, 2.75) is 0 Å². The van der Waals surface area contributed by atoms with Crippen molar-refractivity contribution < 1.29 is 9.53 Å². The van der Waals surface area contributed by atoms with Crippen LogP contribution in [0.5, 0.6) is 11.5 Å². The summed E-state index contributed by atoms with van der Waals surface area (Å²) >= 11 is 5.85. The number of carbonyl (C=O) groups is 1. The largest absolute Gasteiger partial charge is 0.457 e. The highest BCUT2D eigenvalue weighted by Crippen LogP contribution is 2.23. The van der Waals surface area contributed by atoms with Crippen LogP contribution in [0.1, 0.15) is 11.3 Å². The van der Waals surface area contributed by atoms with Crippen molar-refractivity contribution in [3.8, 4) is 11.5 Å². The number of nitrogens with one attached hydrogen (secondary N) is 2. The van der Waals surface area contributed by atoms with Crippen molar-refractivity contribution in [3.63, 3.8) is 0 Å². The molecule has 2 heterocycles. The van der Waals surface area contributed by atoms with Gasteiger partial charge in [-0.15, -0.1) is 0 Å². The Labute approximate surface area is 179 Å². The highest BCUT2D eigenvalue weighted by molar-refractivity contribution is 6.30. The smallest absolute Gasteiger partial charge is 0.248 e. The van der Waals surface area contributed by atoms with Crippen LogP contribution < -0.4 is 15.4 Å². The second kappa shape index (κ2) is 9.24. The number of nitrogens with zero attached hydrogens (tertiary/aromatic N) is 2. The van der Waals surface area contributed by atoms with Crippen LogP contribution in [-0.4, -0.2) is 29.8 Å². The van der Waals surface area contributed by atoms with Crippen molar-refractivity contribution in [1.82, 2.24) is 10.3 Å². The zero-order valence-electron chi connectivity index (χ0n) is 16.0. The lowest BCUT2D eigenvalue weighted by Crippen LogP contribution is -2.20. The van der Waals surface area contributed by atoms with E-state index in [2.05, 4.69) is 20.6 Å². The number of pyridine rings is 1. The number of rotatable bonds is 6. The number of halogens is 1. The third kappa shape index (κ3) is 5.24. The average molecular weight is 419 g/mol. The average Bonchev–Trinajstić information content (AvgIpc) is 3.30. The monoisotopic (exact) mass is 418 g/mol. The zero-order chi connectivity index (χ0) is 20.8. The molecule has 1 aliphatic heterocycles. The first-order valence-electron chi connectivity index (χ1n) is 9.43. The molecular weight excluding hydrogens is 400 g/mol. The van der Waals surface area contributed by atoms with E-state index in [-0.39, 0.29) is 5.91 Å². The summed E-state index contributed by atoms with van der Waals surface area (Å²) < 4.78 is 5.96. The van der Waals surface area contributed by atoms with Gasteiger partial charge in [-0.3, -0.25) is 14.8 Å². The zero-order valence-corrected chi connectivity index (χ0v) is 16.8. The van der Waals surface area contributed by atoms with E-state index < -0.39 is 0 Å². The van der Waals surface area contributed by atoms with Crippen LogP contribution in [-0.2, 0) is 4.79 Å². The molecule has 0 radical (unpaired) electrons. The molecule has 1 aliphatic rings. The SMILES string of the molecule is O=C(C=Cc1cccc(Oc2ccnc(C3=NCCN3)c2)c1)Nc1ccc(Cl)cc1. The summed E-state index contributed by atoms with van der Waals surface area (Å²) in [6.45, 7) is 1.57. The van der Waals surface area contributed by atoms with Crippen LogP contribution in [0.15, 0.2) is 77.9 Å². The Hall–Kier alpha value is -3.64. The molecule has 2 aromatic carbocycles. The quantitative estimate of drug-likeness (QED) is 0.577. The van der Waals surface area contributed by atoms with Gasteiger partial charge in [-0.05, 0) is 54.1 Å². The first-order valence-corrected chi connectivity index (χ1v) is 9.81. The van der Waals surface area contributed by atoms with Crippen LogP contribution in [0.25, 0.3) is 6.08 Å². The van der Waals surface area contributed by atoms with Crippen LogP contribution in [0.4, 0.5) is 5.69 Å². The molecule has 0 spiro atoms. The minimum absolute atomic E-state index is 0.229. The summed E-state index contributed by atoms with van der Waals surface area (Å²) in [7, 11) is 0. The standard InChI is InChI=1S/C23H19ClN4O2/c24-17-5-7-18(8-6-17)28-22(29)9-4-16-2-1-3-19(14-16)30-20-10-11-25-21(15-20)23-26-12-13-27-23/h1-11,14-15H,12-13H2,(H,26,27)(H,28,29). The molecule has 1 aromatic heterocycles. The summed E-state index contributed by atoms with van der Waals surface area (Å²) in [5.74, 6) is 1.88. The molecule has 0 fully saturated rings. The van der Waals surface area contributed by atoms with E-state index in [1.54, 1.807) is 42.6 Å². The minimum atomic E-state index is -0.229. The molecule has 0 atom stereocenters. The van der Waals surface area contributed by atoms with Gasteiger partial charge in [0.2, 0.25) is 5.91 Å². The number of ether oxygens (including phenoxy) is 1. The number of amidine groups is 1. The molecule has 0 saturated carbocycles. The van der Waals surface area contributed by atoms with Crippen molar-refractivity contribution in [3.05, 3.63) is 89.2 Å². The Morgan fingerprint density at radius 2 is 1.93 bits per heavy atom. The second-order valence-corrected chi connectivity index (χ2v) is 6.97. The van der Waals surface area contributed by atoms with Gasteiger partial charge < -0.3 is 15.4 Å². The molecule has 30 heavy (non-hydrogen) atoms. The number of aliphatic imine (C=N–C) groups is 1. The number of carbonyl (C=O) groups excluding carboxylic acids is 1. The van der Waals surface area contributed by atoms with Gasteiger partial charge in [0.15, 0.2) is 0 Å². The van der Waals surface area contributed by atoms with E-state index in [9.17, 15) is 4.79 Å². The van der Waals surface area contributed by atoms with Crippen LogP contribution in [0.3, 0.4) is 0 Å². The Morgan fingerprint density at radius 1 is 1.10 bits per heavy atom. The number of hydrogen-bond donors (Lipinski definition) is 2. The van der Waals surface area contributed by atoms with Gasteiger partial charge >= 0.3 is 0 Å². The highest BCUT2D eigenvalue weighted by atomic mass is 35.5. The van der Waals surface area contributed by atoms with Gasteiger partial charge in [0.25, 0.3) is 0 Å². The van der Waals surface area contributed by atoms with Crippen molar-refractivity contribution in [2.24, 2.45) is 4.99 Å². The lowest BCUT2D eigenvalue weighted by atomic mass is 10.2. The van der Waals surface area contributed by atoms with Crippen molar-refractivity contribution >= 4 is 35.1 Å². The molecule has 6 nitrogen and oxygen atoms in total. The highest BCUT2D eigenvalue weighted by Gasteiger charge is 2.10. The summed E-state index contributed by atoms with van der Waals surface area (Å²) in [4.78, 5) is 20.8. The maximum atomic E-state index is 12.1. The second-order valence-electron chi connectivity index (χ2n) is 6.54. The van der Waals surface area contributed by atoms with Crippen molar-refractivity contribution in [1.29, 1.82) is 0 Å². The predicted octanol–water partition coefficient (Wildman–Crippen LogP) is 4.53. The van der Waals surface area contributed by atoms with Crippen LogP contribution in [0.2, 0.25) is 5.02 Å². The molecule has 7 heteroatoms. The fraction of sp³-hybridized carbons (Fsp3) is 0.0870. The molecule has 0 unspecified atom stereocenters. The van der Waals surface area contributed by atoms with E-state index in [4.69, 9.17) is 16.3 Å². The first kappa shape index (κ1) is 19.7. The van der Waals surface area contributed by atoms with E-state index >= 15 is 0 Å². The van der Waals surface area contributed by atoms with E-state index in [1.807, 2.05) is 30.3 Å². The van der Waals surface area contributed by atoms with E-state index in [1.165, 1.54) is 6.08 Å². The topological polar surface area (TPSA) is 75.6 Å². The maximum Gasteiger partial charge on any atom is 0.248 e. The predicted molar refractivity (Wildman–Crippen MR) is 119 cm³/mol. The Kier molecular flexibility index (Phi) is 6.06. The van der Waals surface area contributed by atoms with Gasteiger partial charge in [0.1, 0.15) is 23.0 Å². The summed E-state index contributed by atoms with van der Waals surface area (Å²) in [5.41, 5.74) is 2.27. The minimum Gasteiger partial charge on any atom is -0.457 e. The molecule has 0 saturated heterocycles. The van der Waals surface area contributed by atoms with Gasteiger partial charge in [-0.25, -0.2) is 0 Å². The molecule has 150 valence electrons. The van der Waals surface area contributed by atoms with Gasteiger partial charge in [0.05, 0.1) is 6.54 Å². The van der Waals surface area contributed by atoms with Gasteiger partial charge in [-0.1, -0.05) is 23.7 Å². The molecule has 2 N–H and O–H groups in total. The van der Waals surface area contributed by atoms with Gasteiger partial charge in [-0.2, -0.15) is 0 Å². The molecular formula is C23H19ClN4O2. The summed E-state index contributed by atoms with van der Waals surface area (Å²) in [6, 6.07) is 18.1. The van der Waals surface area contributed by atoms with Crippen LogP contribution >= 0.6 is 11.6 Å². The molecule has 0 bridgehead atoms. The Morgan fingerprint density at radius 3 is 2.73 bits per heavy atom. The van der Waals surface area contributed by atoms with E-state index in [0.29, 0.717) is 22.2 Å². The molecule has 0 aliphatic carbocycles. The normalized spacial score (nSPS) is 13.0. The fourth-order valence-corrected chi connectivity index (χ4v) is 3.01.